The number of rotatable bonds is 8. The lowest BCUT2D eigenvalue weighted by Crippen LogP contribution is -2.47. The standard InChI is InChI=1S/C12H26N2O4S/c1-6-7-14(9-12(3,4)8-13)19(16,17)10(2)11(15)18-5/h10H,6-9,13H2,1-5H3. The third kappa shape index (κ3) is 5.08. The van der Waals surface area contributed by atoms with Gasteiger partial charge in [-0.1, -0.05) is 20.8 Å². The molecule has 0 aromatic carbocycles. The van der Waals surface area contributed by atoms with Crippen molar-refractivity contribution in [1.82, 2.24) is 4.31 Å². The SMILES string of the molecule is CCCN(CC(C)(C)CN)S(=O)(=O)C(C)C(=O)OC. The number of nitrogens with zero attached hydrogens (tertiary/aromatic N) is 1. The molecule has 1 unspecified atom stereocenters. The van der Waals surface area contributed by atoms with Crippen LogP contribution in [0.2, 0.25) is 0 Å². The molecule has 0 aliphatic heterocycles. The zero-order valence-corrected chi connectivity index (χ0v) is 13.3. The largest absolute Gasteiger partial charge is 0.468 e. The first-order valence-corrected chi connectivity index (χ1v) is 7.89. The molecule has 6 nitrogen and oxygen atoms in total. The van der Waals surface area contributed by atoms with E-state index in [-0.39, 0.29) is 5.41 Å². The topological polar surface area (TPSA) is 89.7 Å². The molecule has 7 heteroatoms. The first-order chi connectivity index (χ1) is 8.62. The van der Waals surface area contributed by atoms with Gasteiger partial charge in [-0.2, -0.15) is 0 Å². The van der Waals surface area contributed by atoms with Crippen LogP contribution in [0.5, 0.6) is 0 Å². The highest BCUT2D eigenvalue weighted by Crippen LogP contribution is 2.20. The Morgan fingerprint density at radius 1 is 1.42 bits per heavy atom. The fourth-order valence-electron chi connectivity index (χ4n) is 1.60. The molecule has 0 radical (unpaired) electrons. The lowest BCUT2D eigenvalue weighted by Gasteiger charge is -2.32. The van der Waals surface area contributed by atoms with E-state index in [0.717, 1.165) is 0 Å². The summed E-state index contributed by atoms with van der Waals surface area (Å²) in [6.45, 7) is 8.06. The quantitative estimate of drug-likeness (QED) is 0.661. The molecule has 0 bridgehead atoms. The number of methoxy groups -OCH3 is 1. The van der Waals surface area contributed by atoms with Gasteiger partial charge < -0.3 is 10.5 Å². The van der Waals surface area contributed by atoms with Crippen molar-refractivity contribution < 1.29 is 17.9 Å². The van der Waals surface area contributed by atoms with Crippen molar-refractivity contribution >= 4 is 16.0 Å². The van der Waals surface area contributed by atoms with Gasteiger partial charge in [-0.05, 0) is 25.3 Å². The number of ether oxygens (including phenoxy) is 1. The Kier molecular flexibility index (Phi) is 6.96. The van der Waals surface area contributed by atoms with Crippen LogP contribution in [0.25, 0.3) is 0 Å². The predicted molar refractivity (Wildman–Crippen MR) is 75.1 cm³/mol. The van der Waals surface area contributed by atoms with Gasteiger partial charge in [0.15, 0.2) is 5.25 Å². The average molecular weight is 294 g/mol. The van der Waals surface area contributed by atoms with Crippen molar-refractivity contribution in [2.24, 2.45) is 11.1 Å². The molecule has 0 spiro atoms. The molecule has 0 saturated carbocycles. The van der Waals surface area contributed by atoms with Crippen LogP contribution < -0.4 is 5.73 Å². The van der Waals surface area contributed by atoms with Crippen LogP contribution in [0.4, 0.5) is 0 Å². The van der Waals surface area contributed by atoms with Gasteiger partial charge in [-0.3, -0.25) is 4.79 Å². The molecule has 1 atom stereocenters. The predicted octanol–water partition coefficient (Wildman–Crippen LogP) is 0.575. The van der Waals surface area contributed by atoms with Crippen LogP contribution in [0.15, 0.2) is 0 Å². The van der Waals surface area contributed by atoms with E-state index in [4.69, 9.17) is 5.73 Å². The van der Waals surface area contributed by atoms with Crippen molar-refractivity contribution in [2.75, 3.05) is 26.7 Å². The molecular weight excluding hydrogens is 268 g/mol. The Balaban J connectivity index is 5.22. The van der Waals surface area contributed by atoms with Gasteiger partial charge in [-0.25, -0.2) is 12.7 Å². The summed E-state index contributed by atoms with van der Waals surface area (Å²) in [5, 5.41) is -1.20. The zero-order chi connectivity index (χ0) is 15.3. The van der Waals surface area contributed by atoms with Crippen molar-refractivity contribution in [3.63, 3.8) is 0 Å². The zero-order valence-electron chi connectivity index (χ0n) is 12.5. The maximum absolute atomic E-state index is 12.4. The smallest absolute Gasteiger partial charge is 0.325 e. The molecule has 0 saturated heterocycles. The fourth-order valence-corrected chi connectivity index (χ4v) is 3.35. The number of carbonyl (C=O) groups excluding carboxylic acids is 1. The van der Waals surface area contributed by atoms with E-state index < -0.39 is 21.2 Å². The fraction of sp³-hybridized carbons (Fsp3) is 0.917. The van der Waals surface area contributed by atoms with Crippen molar-refractivity contribution in [2.45, 2.75) is 39.4 Å². The number of esters is 1. The monoisotopic (exact) mass is 294 g/mol. The van der Waals surface area contributed by atoms with E-state index in [2.05, 4.69) is 4.74 Å². The second-order valence-corrected chi connectivity index (χ2v) is 7.67. The third-order valence-corrected chi connectivity index (χ3v) is 5.09. The molecule has 0 aliphatic rings. The Morgan fingerprint density at radius 3 is 2.32 bits per heavy atom. The molecule has 0 heterocycles. The number of sulfonamides is 1. The van der Waals surface area contributed by atoms with Gasteiger partial charge >= 0.3 is 5.97 Å². The summed E-state index contributed by atoms with van der Waals surface area (Å²) in [5.41, 5.74) is 5.31. The molecule has 0 aliphatic carbocycles. The number of hydrogen-bond acceptors (Lipinski definition) is 5. The Bertz CT molecular complexity index is 393. The van der Waals surface area contributed by atoms with E-state index in [0.29, 0.717) is 26.1 Å². The van der Waals surface area contributed by atoms with Crippen molar-refractivity contribution in [1.29, 1.82) is 0 Å². The van der Waals surface area contributed by atoms with Gasteiger partial charge in [0.2, 0.25) is 10.0 Å². The number of nitrogens with two attached hydrogens (primary N) is 1. The second-order valence-electron chi connectivity index (χ2n) is 5.41. The van der Waals surface area contributed by atoms with E-state index in [1.807, 2.05) is 20.8 Å². The summed E-state index contributed by atoms with van der Waals surface area (Å²) in [5.74, 6) is -0.744. The highest BCUT2D eigenvalue weighted by Gasteiger charge is 2.36. The maximum atomic E-state index is 12.4. The number of hydrogen-bond donors (Lipinski definition) is 1. The highest BCUT2D eigenvalue weighted by atomic mass is 32.2. The minimum atomic E-state index is -3.71. The second kappa shape index (κ2) is 7.21. The summed E-state index contributed by atoms with van der Waals surface area (Å²) < 4.78 is 30.6. The molecule has 114 valence electrons. The van der Waals surface area contributed by atoms with Crippen LogP contribution in [-0.2, 0) is 19.6 Å². The van der Waals surface area contributed by atoms with Gasteiger partial charge in [0.05, 0.1) is 7.11 Å². The van der Waals surface area contributed by atoms with E-state index >= 15 is 0 Å². The summed E-state index contributed by atoms with van der Waals surface area (Å²) in [6.07, 6.45) is 0.674. The van der Waals surface area contributed by atoms with Crippen LogP contribution >= 0.6 is 0 Å². The van der Waals surface area contributed by atoms with Crippen LogP contribution in [0, 0.1) is 5.41 Å². The molecule has 19 heavy (non-hydrogen) atoms. The average Bonchev–Trinajstić information content (AvgIpc) is 2.36. The first-order valence-electron chi connectivity index (χ1n) is 6.39. The van der Waals surface area contributed by atoms with Gasteiger partial charge in [0, 0.05) is 13.1 Å². The highest BCUT2D eigenvalue weighted by molar-refractivity contribution is 7.90. The van der Waals surface area contributed by atoms with E-state index in [1.54, 1.807) is 0 Å². The maximum Gasteiger partial charge on any atom is 0.325 e. The summed E-state index contributed by atoms with van der Waals surface area (Å²) >= 11 is 0. The Labute approximate surface area is 116 Å². The van der Waals surface area contributed by atoms with Crippen molar-refractivity contribution in [3.05, 3.63) is 0 Å². The molecule has 0 fully saturated rings. The van der Waals surface area contributed by atoms with Gasteiger partial charge in [0.1, 0.15) is 0 Å². The molecule has 0 aromatic rings. The van der Waals surface area contributed by atoms with Gasteiger partial charge in [0.25, 0.3) is 0 Å². The Hall–Kier alpha value is -0.660. The van der Waals surface area contributed by atoms with Crippen molar-refractivity contribution in [3.8, 4) is 0 Å². The Morgan fingerprint density at radius 2 is 1.95 bits per heavy atom. The first kappa shape index (κ1) is 18.3. The number of carbonyl (C=O) groups is 1. The van der Waals surface area contributed by atoms with Crippen LogP contribution in [-0.4, -0.2) is 50.7 Å². The normalized spacial score (nSPS) is 14.5. The summed E-state index contributed by atoms with van der Waals surface area (Å²) in [6, 6.07) is 0. The minimum absolute atomic E-state index is 0.293. The summed E-state index contributed by atoms with van der Waals surface area (Å²) in [4.78, 5) is 11.4. The third-order valence-electron chi connectivity index (χ3n) is 2.97. The van der Waals surface area contributed by atoms with Crippen LogP contribution in [0.3, 0.4) is 0 Å². The molecule has 0 rings (SSSR count). The molecule has 0 amide bonds. The molecule has 2 N–H and O–H groups in total. The lowest BCUT2D eigenvalue weighted by molar-refractivity contribution is -0.139. The van der Waals surface area contributed by atoms with E-state index in [1.165, 1.54) is 18.3 Å². The molecular formula is C12H26N2O4S. The lowest BCUT2D eigenvalue weighted by atomic mass is 9.94. The van der Waals surface area contributed by atoms with Crippen LogP contribution in [0.1, 0.15) is 34.1 Å². The molecule has 0 aromatic heterocycles. The summed E-state index contributed by atoms with van der Waals surface area (Å²) in [7, 11) is -2.53. The van der Waals surface area contributed by atoms with E-state index in [9.17, 15) is 13.2 Å². The minimum Gasteiger partial charge on any atom is -0.468 e. The van der Waals surface area contributed by atoms with Gasteiger partial charge in [-0.15, -0.1) is 0 Å².